The summed E-state index contributed by atoms with van der Waals surface area (Å²) in [7, 11) is 1.41. The molecule has 10 nitrogen and oxygen atoms in total. The zero-order chi connectivity index (χ0) is 26.7. The molecule has 0 saturated carbocycles. The molecule has 1 atom stereocenters. The lowest BCUT2D eigenvalue weighted by molar-refractivity contribution is -0.131. The minimum Gasteiger partial charge on any atom is -0.479 e. The number of aromatic nitrogens is 6. The average Bonchev–Trinajstić information content (AvgIpc) is 3.46. The number of likely N-dealkylation sites (tertiary alicyclic amines) is 1. The summed E-state index contributed by atoms with van der Waals surface area (Å²) in [6.45, 7) is -0.604. The lowest BCUT2D eigenvalue weighted by atomic mass is 9.98. The van der Waals surface area contributed by atoms with Crippen molar-refractivity contribution in [1.29, 1.82) is 0 Å². The van der Waals surface area contributed by atoms with Crippen LogP contribution in [0.25, 0.3) is 27.7 Å². The predicted molar refractivity (Wildman–Crippen MR) is 125 cm³/mol. The van der Waals surface area contributed by atoms with Crippen molar-refractivity contribution >= 4 is 22.5 Å². The number of piperidine rings is 1. The number of fused-ring (bicyclic) bond motifs is 2. The van der Waals surface area contributed by atoms with Crippen LogP contribution in [0.15, 0.2) is 30.5 Å². The topological polar surface area (TPSA) is 94.6 Å². The quantitative estimate of drug-likeness (QED) is 0.371. The van der Waals surface area contributed by atoms with Crippen LogP contribution in [0.1, 0.15) is 7.79 Å². The highest BCUT2D eigenvalue weighted by molar-refractivity contribution is 5.89. The molecular weight excluding hydrogens is 496 g/mol. The minimum atomic E-state index is -3.13. The second-order valence-electron chi connectivity index (χ2n) is 9.06. The fraction of sp³-hybridized carbons (Fsp3) is 0.478. The zero-order valence-corrected chi connectivity index (χ0v) is 19.7. The predicted octanol–water partition coefficient (Wildman–Crippen LogP) is 2.94. The van der Waals surface area contributed by atoms with Crippen molar-refractivity contribution in [3.05, 3.63) is 30.5 Å². The molecule has 0 radical (unpaired) electrons. The van der Waals surface area contributed by atoms with Gasteiger partial charge in [-0.1, -0.05) is 11.3 Å². The van der Waals surface area contributed by atoms with Gasteiger partial charge < -0.3 is 14.8 Å². The van der Waals surface area contributed by atoms with Gasteiger partial charge in [-0.05, 0) is 30.2 Å². The Kier molecular flexibility index (Phi) is 5.57. The molecule has 1 aromatic carbocycles. The van der Waals surface area contributed by atoms with Crippen molar-refractivity contribution in [3.63, 3.8) is 0 Å². The number of anilines is 1. The van der Waals surface area contributed by atoms with E-state index in [2.05, 4.69) is 25.7 Å². The molecule has 4 aromatic rings. The van der Waals surface area contributed by atoms with Crippen LogP contribution in [-0.2, 0) is 11.3 Å². The SMILES string of the molecule is [2H]C1(N2CCC(Nc3nc(OC)c4c(-c5ccc6nnn(CC(F)F)c6c5)ccn4n3)C(F)(F)C2)COC1. The number of methoxy groups -OCH3 is 1. The Bertz CT molecular complexity index is 1490. The van der Waals surface area contributed by atoms with E-state index in [9.17, 15) is 8.78 Å². The first-order valence-corrected chi connectivity index (χ1v) is 11.7. The summed E-state index contributed by atoms with van der Waals surface area (Å²) in [6.07, 6.45) is -0.854. The maximum Gasteiger partial charge on any atom is 0.280 e. The van der Waals surface area contributed by atoms with E-state index in [-0.39, 0.29) is 31.5 Å². The molecule has 1 unspecified atom stereocenters. The van der Waals surface area contributed by atoms with Crippen LogP contribution in [0.4, 0.5) is 23.5 Å². The largest absolute Gasteiger partial charge is 0.479 e. The smallest absolute Gasteiger partial charge is 0.280 e. The lowest BCUT2D eigenvalue weighted by Gasteiger charge is -2.44. The number of nitrogens with one attached hydrogen (secondary N) is 1. The zero-order valence-electron chi connectivity index (χ0n) is 20.7. The lowest BCUT2D eigenvalue weighted by Crippen LogP contribution is -2.61. The molecule has 3 aromatic heterocycles. The Morgan fingerprint density at radius 2 is 2.14 bits per heavy atom. The van der Waals surface area contributed by atoms with Gasteiger partial charge in [0.15, 0.2) is 0 Å². The summed E-state index contributed by atoms with van der Waals surface area (Å²) in [5, 5.41) is 14.9. The fourth-order valence-corrected chi connectivity index (χ4v) is 4.75. The minimum absolute atomic E-state index is 0.0307. The second kappa shape index (κ2) is 9.10. The van der Waals surface area contributed by atoms with Gasteiger partial charge in [0, 0.05) is 18.3 Å². The third kappa shape index (κ3) is 4.33. The van der Waals surface area contributed by atoms with E-state index in [4.69, 9.17) is 10.8 Å². The van der Waals surface area contributed by atoms with E-state index >= 15 is 8.78 Å². The van der Waals surface area contributed by atoms with Gasteiger partial charge in [-0.3, -0.25) is 4.90 Å². The molecule has 2 aliphatic heterocycles. The molecule has 196 valence electrons. The summed E-state index contributed by atoms with van der Waals surface area (Å²) in [4.78, 5) is 5.80. The normalized spacial score (nSPS) is 21.8. The van der Waals surface area contributed by atoms with Crippen molar-refractivity contribution in [2.45, 2.75) is 37.4 Å². The number of rotatable bonds is 7. The molecule has 0 aliphatic carbocycles. The molecule has 0 spiro atoms. The van der Waals surface area contributed by atoms with E-state index in [1.165, 1.54) is 16.5 Å². The van der Waals surface area contributed by atoms with Crippen molar-refractivity contribution < 1.29 is 28.4 Å². The Morgan fingerprint density at radius 1 is 1.30 bits per heavy atom. The summed E-state index contributed by atoms with van der Waals surface area (Å²) >= 11 is 0. The number of nitrogens with zero attached hydrogens (tertiary/aromatic N) is 7. The van der Waals surface area contributed by atoms with Crippen molar-refractivity contribution in [2.75, 3.05) is 38.7 Å². The number of alkyl halides is 4. The molecular formula is C23H24F4N8O2. The molecule has 14 heteroatoms. The third-order valence-electron chi connectivity index (χ3n) is 6.70. The van der Waals surface area contributed by atoms with Gasteiger partial charge in [0.1, 0.15) is 17.6 Å². The van der Waals surface area contributed by atoms with Crippen LogP contribution in [0, 0.1) is 0 Å². The third-order valence-corrected chi connectivity index (χ3v) is 6.70. The Hall–Kier alpha value is -3.52. The van der Waals surface area contributed by atoms with E-state index in [0.717, 1.165) is 4.68 Å². The Morgan fingerprint density at radius 3 is 2.84 bits per heavy atom. The summed E-state index contributed by atoms with van der Waals surface area (Å²) in [5.41, 5.74) is 2.72. The van der Waals surface area contributed by atoms with Crippen molar-refractivity contribution in [3.8, 4) is 17.0 Å². The van der Waals surface area contributed by atoms with Gasteiger partial charge in [-0.15, -0.1) is 10.2 Å². The first-order chi connectivity index (χ1) is 18.2. The van der Waals surface area contributed by atoms with Gasteiger partial charge in [-0.25, -0.2) is 26.8 Å². The molecule has 2 aliphatic rings. The molecule has 6 rings (SSSR count). The Balaban J connectivity index is 1.29. The fourth-order valence-electron chi connectivity index (χ4n) is 4.75. The maximum absolute atomic E-state index is 15.0. The molecule has 5 heterocycles. The molecule has 37 heavy (non-hydrogen) atoms. The summed E-state index contributed by atoms with van der Waals surface area (Å²) in [5.74, 6) is -3.00. The van der Waals surface area contributed by atoms with Crippen molar-refractivity contribution in [1.82, 2.24) is 34.5 Å². The number of benzene rings is 1. The standard InChI is InChI=1S/C23H24F4N8O2/c1-36-21-20-15(13-2-3-16-17(8-13)35(32-30-16)9-19(24)25)4-7-34(20)31-22(29-21)28-18-5-6-33(12-23(18,26)27)14-10-37-11-14/h2-4,7-8,14,18-19H,5-6,9-12H2,1H3,(H,28,31)/i14D. The van der Waals surface area contributed by atoms with Crippen molar-refractivity contribution in [2.24, 2.45) is 0 Å². The molecule has 2 saturated heterocycles. The van der Waals surface area contributed by atoms with Crippen LogP contribution in [0.2, 0.25) is 0 Å². The van der Waals surface area contributed by atoms with E-state index in [0.29, 0.717) is 34.2 Å². The number of halogens is 4. The van der Waals surface area contributed by atoms with E-state index < -0.39 is 37.5 Å². The van der Waals surface area contributed by atoms with E-state index in [1.807, 2.05) is 0 Å². The van der Waals surface area contributed by atoms with E-state index in [1.54, 1.807) is 30.5 Å². The van der Waals surface area contributed by atoms with Crippen LogP contribution in [0.3, 0.4) is 0 Å². The number of hydrogen-bond donors (Lipinski definition) is 1. The highest BCUT2D eigenvalue weighted by Crippen LogP contribution is 2.35. The molecule has 2 fully saturated rings. The van der Waals surface area contributed by atoms with Crippen LogP contribution < -0.4 is 10.1 Å². The van der Waals surface area contributed by atoms with Gasteiger partial charge in [0.25, 0.3) is 12.3 Å². The first kappa shape index (κ1) is 22.7. The number of ether oxygens (including phenoxy) is 2. The van der Waals surface area contributed by atoms with Gasteiger partial charge in [0.2, 0.25) is 11.8 Å². The molecule has 1 N–H and O–H groups in total. The first-order valence-electron chi connectivity index (χ1n) is 12.2. The highest BCUT2D eigenvalue weighted by atomic mass is 19.3. The monoisotopic (exact) mass is 521 g/mol. The average molecular weight is 521 g/mol. The van der Waals surface area contributed by atoms with Crippen LogP contribution in [-0.4, -0.2) is 92.3 Å². The molecule has 0 amide bonds. The van der Waals surface area contributed by atoms with Gasteiger partial charge >= 0.3 is 0 Å². The maximum atomic E-state index is 15.0. The molecule has 0 bridgehead atoms. The summed E-state index contributed by atoms with van der Waals surface area (Å²) < 4.78 is 77.4. The summed E-state index contributed by atoms with van der Waals surface area (Å²) in [6, 6.07) is 4.55. The van der Waals surface area contributed by atoms with Crippen LogP contribution >= 0.6 is 0 Å². The highest BCUT2D eigenvalue weighted by Gasteiger charge is 2.47. The second-order valence-corrected chi connectivity index (χ2v) is 9.06. The van der Waals surface area contributed by atoms with Gasteiger partial charge in [0.05, 0.1) is 45.8 Å². The number of hydrogen-bond acceptors (Lipinski definition) is 8. The Labute approximate surface area is 209 Å². The van der Waals surface area contributed by atoms with Gasteiger partial charge in [-0.2, -0.15) is 4.98 Å². The van der Waals surface area contributed by atoms with Crippen LogP contribution in [0.5, 0.6) is 5.88 Å².